The third kappa shape index (κ3) is 6.21. The molecular weight excluding hydrogens is 374 g/mol. The van der Waals surface area contributed by atoms with Gasteiger partial charge in [-0.1, -0.05) is 44.2 Å². The van der Waals surface area contributed by atoms with Gasteiger partial charge in [0.25, 0.3) is 0 Å². The zero-order valence-corrected chi connectivity index (χ0v) is 19.7. The molecule has 0 atom stereocenters. The summed E-state index contributed by atoms with van der Waals surface area (Å²) in [6, 6.07) is 10.8. The Kier molecular flexibility index (Phi) is 7.46. The molecule has 5 nitrogen and oxygen atoms in total. The average Bonchev–Trinajstić information content (AvgIpc) is 2.68. The number of amides is 1. The molecule has 5 heteroatoms. The fraction of sp³-hybridized carbons (Fsp3) is 0.720. The van der Waals surface area contributed by atoms with Gasteiger partial charge >= 0.3 is 6.09 Å². The van der Waals surface area contributed by atoms with E-state index in [1.165, 1.54) is 12.0 Å². The summed E-state index contributed by atoms with van der Waals surface area (Å²) < 4.78 is 5.61. The lowest BCUT2D eigenvalue weighted by Gasteiger charge is -2.52. The number of ether oxygens (including phenoxy) is 1. The van der Waals surface area contributed by atoms with Gasteiger partial charge in [0.1, 0.15) is 5.60 Å². The summed E-state index contributed by atoms with van der Waals surface area (Å²) in [5.41, 5.74) is 1.18. The second-order valence-electron chi connectivity index (χ2n) is 10.5. The number of carbonyl (C=O) groups excluding carboxylic acids is 1. The normalized spacial score (nSPS) is 21.1. The van der Waals surface area contributed by atoms with Gasteiger partial charge in [-0.15, -0.1) is 0 Å². The molecule has 0 unspecified atom stereocenters. The summed E-state index contributed by atoms with van der Waals surface area (Å²) in [6.45, 7) is 17.6. The fourth-order valence-corrected chi connectivity index (χ4v) is 5.06. The van der Waals surface area contributed by atoms with Crippen molar-refractivity contribution in [1.82, 2.24) is 14.7 Å². The van der Waals surface area contributed by atoms with Gasteiger partial charge in [0, 0.05) is 51.4 Å². The molecule has 2 saturated heterocycles. The van der Waals surface area contributed by atoms with Crippen molar-refractivity contribution in [3.63, 3.8) is 0 Å². The van der Waals surface area contributed by atoms with Crippen molar-refractivity contribution in [3.8, 4) is 0 Å². The minimum Gasteiger partial charge on any atom is -0.444 e. The van der Waals surface area contributed by atoms with Crippen molar-refractivity contribution in [2.45, 2.75) is 71.6 Å². The maximum absolute atomic E-state index is 12.5. The zero-order chi connectivity index (χ0) is 21.8. The Morgan fingerprint density at radius 3 is 2.13 bits per heavy atom. The summed E-state index contributed by atoms with van der Waals surface area (Å²) in [5, 5.41) is 0. The van der Waals surface area contributed by atoms with E-state index in [2.05, 4.69) is 54.0 Å². The molecule has 0 N–H and O–H groups in total. The maximum atomic E-state index is 12.5. The van der Waals surface area contributed by atoms with Gasteiger partial charge in [0.05, 0.1) is 0 Å². The minimum absolute atomic E-state index is 0.159. The highest BCUT2D eigenvalue weighted by atomic mass is 16.6. The Balaban J connectivity index is 1.58. The molecule has 0 radical (unpaired) electrons. The monoisotopic (exact) mass is 415 g/mol. The average molecular weight is 416 g/mol. The molecule has 0 saturated carbocycles. The SMILES string of the molecule is CC(C)CC1(N2CCN(Cc3ccccc3)CC2)CCN(C(=O)OC(C)(C)C)CC1. The van der Waals surface area contributed by atoms with Crippen molar-refractivity contribution >= 4 is 6.09 Å². The summed E-state index contributed by atoms with van der Waals surface area (Å²) in [5.74, 6) is 0.653. The van der Waals surface area contributed by atoms with E-state index < -0.39 is 5.60 Å². The summed E-state index contributed by atoms with van der Waals surface area (Å²) in [6.07, 6.45) is 3.13. The van der Waals surface area contributed by atoms with Crippen molar-refractivity contribution in [2.75, 3.05) is 39.3 Å². The van der Waals surface area contributed by atoms with Crippen LogP contribution in [0.3, 0.4) is 0 Å². The Morgan fingerprint density at radius 2 is 1.60 bits per heavy atom. The standard InChI is InChI=1S/C25H41N3O2/c1-21(2)19-25(11-13-27(14-12-25)23(29)30-24(3,4)5)28-17-15-26(16-18-28)20-22-9-7-6-8-10-22/h6-10,21H,11-20H2,1-5H3. The van der Waals surface area contributed by atoms with E-state index in [9.17, 15) is 4.79 Å². The van der Waals surface area contributed by atoms with Crippen LogP contribution in [-0.4, -0.2) is 71.2 Å². The second-order valence-corrected chi connectivity index (χ2v) is 10.5. The van der Waals surface area contributed by atoms with Gasteiger partial charge in [-0.2, -0.15) is 0 Å². The molecule has 2 aliphatic heterocycles. The van der Waals surface area contributed by atoms with Gasteiger partial charge in [0.15, 0.2) is 0 Å². The van der Waals surface area contributed by atoms with E-state index >= 15 is 0 Å². The zero-order valence-electron chi connectivity index (χ0n) is 19.7. The number of carbonyl (C=O) groups is 1. The van der Waals surface area contributed by atoms with Crippen LogP contribution in [0, 0.1) is 5.92 Å². The van der Waals surface area contributed by atoms with Crippen LogP contribution >= 0.6 is 0 Å². The first-order valence-corrected chi connectivity index (χ1v) is 11.7. The minimum atomic E-state index is -0.432. The lowest BCUT2D eigenvalue weighted by atomic mass is 9.78. The molecule has 2 heterocycles. The van der Waals surface area contributed by atoms with Gasteiger partial charge in [-0.05, 0) is 51.5 Å². The van der Waals surface area contributed by atoms with Crippen LogP contribution in [0.2, 0.25) is 0 Å². The first-order chi connectivity index (χ1) is 14.2. The maximum Gasteiger partial charge on any atom is 0.410 e. The Hall–Kier alpha value is -1.59. The molecule has 1 amide bonds. The van der Waals surface area contributed by atoms with Gasteiger partial charge in [-0.3, -0.25) is 9.80 Å². The van der Waals surface area contributed by atoms with Crippen molar-refractivity contribution in [1.29, 1.82) is 0 Å². The third-order valence-corrected chi connectivity index (χ3v) is 6.43. The predicted octanol–water partition coefficient (Wildman–Crippen LogP) is 4.62. The summed E-state index contributed by atoms with van der Waals surface area (Å²) >= 11 is 0. The van der Waals surface area contributed by atoms with E-state index in [0.29, 0.717) is 5.92 Å². The molecule has 0 spiro atoms. The number of hydrogen-bond acceptors (Lipinski definition) is 4. The molecule has 2 aliphatic rings. The molecule has 1 aromatic rings. The van der Waals surface area contributed by atoms with Crippen LogP contribution in [0.1, 0.15) is 59.4 Å². The highest BCUT2D eigenvalue weighted by Crippen LogP contribution is 2.36. The summed E-state index contributed by atoms with van der Waals surface area (Å²) in [4.78, 5) is 19.7. The van der Waals surface area contributed by atoms with Crippen LogP contribution < -0.4 is 0 Å². The van der Waals surface area contributed by atoms with Gasteiger partial charge in [0.2, 0.25) is 0 Å². The first kappa shape index (κ1) is 23.1. The second kappa shape index (κ2) is 9.69. The van der Waals surface area contributed by atoms with Crippen LogP contribution in [0.25, 0.3) is 0 Å². The smallest absolute Gasteiger partial charge is 0.410 e. The van der Waals surface area contributed by atoms with Crippen LogP contribution in [-0.2, 0) is 11.3 Å². The van der Waals surface area contributed by atoms with E-state index in [1.54, 1.807) is 0 Å². The molecule has 30 heavy (non-hydrogen) atoms. The Bertz CT molecular complexity index is 667. The lowest BCUT2D eigenvalue weighted by molar-refractivity contribution is -0.0323. The number of rotatable bonds is 5. The molecule has 2 fully saturated rings. The number of piperidine rings is 1. The van der Waals surface area contributed by atoms with E-state index in [-0.39, 0.29) is 11.6 Å². The topological polar surface area (TPSA) is 36.0 Å². The number of likely N-dealkylation sites (tertiary alicyclic amines) is 1. The van der Waals surface area contributed by atoms with Gasteiger partial charge in [-0.25, -0.2) is 4.79 Å². The molecule has 0 aromatic heterocycles. The molecule has 0 aliphatic carbocycles. The molecule has 168 valence electrons. The molecule has 1 aromatic carbocycles. The molecular formula is C25H41N3O2. The lowest BCUT2D eigenvalue weighted by Crippen LogP contribution is -2.61. The highest BCUT2D eigenvalue weighted by molar-refractivity contribution is 5.68. The van der Waals surface area contributed by atoms with E-state index in [4.69, 9.17) is 4.74 Å². The van der Waals surface area contributed by atoms with Crippen LogP contribution in [0.15, 0.2) is 30.3 Å². The third-order valence-electron chi connectivity index (χ3n) is 6.43. The fourth-order valence-electron chi connectivity index (χ4n) is 5.06. The Morgan fingerprint density at radius 1 is 1.00 bits per heavy atom. The van der Waals surface area contributed by atoms with Crippen LogP contribution in [0.5, 0.6) is 0 Å². The first-order valence-electron chi connectivity index (χ1n) is 11.7. The number of nitrogens with zero attached hydrogens (tertiary/aromatic N) is 3. The van der Waals surface area contributed by atoms with Crippen molar-refractivity contribution in [2.24, 2.45) is 5.92 Å². The van der Waals surface area contributed by atoms with Crippen molar-refractivity contribution < 1.29 is 9.53 Å². The largest absolute Gasteiger partial charge is 0.444 e. The number of hydrogen-bond donors (Lipinski definition) is 0. The highest BCUT2D eigenvalue weighted by Gasteiger charge is 2.42. The molecule has 3 rings (SSSR count). The predicted molar refractivity (Wildman–Crippen MR) is 123 cm³/mol. The van der Waals surface area contributed by atoms with Gasteiger partial charge < -0.3 is 9.64 Å². The quantitative estimate of drug-likeness (QED) is 0.703. The Labute approximate surface area is 183 Å². The summed E-state index contributed by atoms with van der Waals surface area (Å²) in [7, 11) is 0. The van der Waals surface area contributed by atoms with Crippen molar-refractivity contribution in [3.05, 3.63) is 35.9 Å². The van der Waals surface area contributed by atoms with E-state index in [1.807, 2.05) is 25.7 Å². The molecule has 0 bridgehead atoms. The number of benzene rings is 1. The number of piperazine rings is 1. The van der Waals surface area contributed by atoms with Crippen LogP contribution in [0.4, 0.5) is 4.79 Å². The van der Waals surface area contributed by atoms with E-state index in [0.717, 1.165) is 58.7 Å².